The number of hydrogen-bond donors (Lipinski definition) is 0. The molecule has 114 valence electrons. The van der Waals surface area contributed by atoms with E-state index in [-0.39, 0.29) is 18.2 Å². The number of aromatic nitrogens is 2. The van der Waals surface area contributed by atoms with Crippen LogP contribution >= 0.6 is 0 Å². The van der Waals surface area contributed by atoms with Gasteiger partial charge in [0.15, 0.2) is 5.69 Å². The van der Waals surface area contributed by atoms with E-state index in [2.05, 4.69) is 11.1 Å². The van der Waals surface area contributed by atoms with Crippen LogP contribution in [-0.4, -0.2) is 22.0 Å². The second-order valence-corrected chi connectivity index (χ2v) is 5.21. The van der Waals surface area contributed by atoms with E-state index in [1.54, 1.807) is 10.6 Å². The van der Waals surface area contributed by atoms with Crippen molar-refractivity contribution in [3.05, 3.63) is 72.2 Å². The predicted octanol–water partition coefficient (Wildman–Crippen LogP) is 2.87. The Morgan fingerprint density at radius 3 is 2.74 bits per heavy atom. The van der Waals surface area contributed by atoms with Crippen molar-refractivity contribution in [1.29, 1.82) is 5.26 Å². The summed E-state index contributed by atoms with van der Waals surface area (Å²) in [5, 5.41) is 9.22. The number of nitriles is 1. The lowest BCUT2D eigenvalue weighted by Gasteiger charge is -2.09. The van der Waals surface area contributed by atoms with Gasteiger partial charge in [0.25, 0.3) is 0 Å². The molecule has 0 aliphatic carbocycles. The van der Waals surface area contributed by atoms with Crippen LogP contribution in [0.3, 0.4) is 0 Å². The monoisotopic (exact) mass is 305 g/mol. The van der Waals surface area contributed by atoms with Gasteiger partial charge < -0.3 is 9.14 Å². The predicted molar refractivity (Wildman–Crippen MR) is 84.7 cm³/mol. The third kappa shape index (κ3) is 3.55. The van der Waals surface area contributed by atoms with Crippen molar-refractivity contribution in [3.8, 4) is 6.07 Å². The van der Waals surface area contributed by atoms with Gasteiger partial charge in [0.05, 0.1) is 12.0 Å². The summed E-state index contributed by atoms with van der Waals surface area (Å²) in [7, 11) is 0. The molecule has 5 nitrogen and oxygen atoms in total. The molecule has 0 N–H and O–H groups in total. The first-order valence-corrected chi connectivity index (χ1v) is 7.30. The maximum absolute atomic E-state index is 12.1. The van der Waals surface area contributed by atoms with Crippen LogP contribution in [0, 0.1) is 17.2 Å². The van der Waals surface area contributed by atoms with Crippen molar-refractivity contribution in [2.75, 3.05) is 6.61 Å². The highest BCUT2D eigenvalue weighted by molar-refractivity contribution is 5.87. The normalized spacial score (nSPS) is 11.8. The van der Waals surface area contributed by atoms with E-state index < -0.39 is 5.97 Å². The Morgan fingerprint density at radius 2 is 2.00 bits per heavy atom. The minimum absolute atomic E-state index is 0.0537. The van der Waals surface area contributed by atoms with Gasteiger partial charge in [-0.2, -0.15) is 5.26 Å². The van der Waals surface area contributed by atoms with Crippen molar-refractivity contribution in [3.63, 3.8) is 0 Å². The van der Waals surface area contributed by atoms with Gasteiger partial charge in [-0.15, -0.1) is 0 Å². The first-order chi connectivity index (χ1) is 11.3. The number of hydrogen-bond acceptors (Lipinski definition) is 4. The number of ether oxygens (including phenoxy) is 1. The Bertz CT molecular complexity index is 816. The molecule has 5 heteroatoms. The first kappa shape index (κ1) is 14.8. The zero-order valence-electron chi connectivity index (χ0n) is 12.4. The third-order valence-electron chi connectivity index (χ3n) is 3.50. The zero-order valence-corrected chi connectivity index (χ0v) is 12.4. The molecule has 3 aromatic rings. The van der Waals surface area contributed by atoms with Crippen LogP contribution in [0.15, 0.2) is 60.9 Å². The Morgan fingerprint density at radius 1 is 1.22 bits per heavy atom. The summed E-state index contributed by atoms with van der Waals surface area (Å²) in [6.45, 7) is 0.0537. The minimum atomic E-state index is -0.512. The number of carbonyl (C=O) groups is 1. The molecule has 23 heavy (non-hydrogen) atoms. The van der Waals surface area contributed by atoms with E-state index in [1.807, 2.05) is 54.7 Å². The molecular weight excluding hydrogens is 290 g/mol. The molecule has 0 bridgehead atoms. The Balaban J connectivity index is 1.62. The van der Waals surface area contributed by atoms with E-state index in [0.717, 1.165) is 5.56 Å². The molecule has 1 atom stereocenters. The molecule has 0 aliphatic rings. The molecule has 0 spiro atoms. The fourth-order valence-corrected chi connectivity index (χ4v) is 2.32. The molecule has 2 heterocycles. The van der Waals surface area contributed by atoms with Gasteiger partial charge in [0.1, 0.15) is 12.3 Å². The summed E-state index contributed by atoms with van der Waals surface area (Å²) >= 11 is 0. The molecule has 0 radical (unpaired) electrons. The summed E-state index contributed by atoms with van der Waals surface area (Å²) in [5.41, 5.74) is 1.97. The summed E-state index contributed by atoms with van der Waals surface area (Å²) in [4.78, 5) is 16.3. The molecular formula is C18H15N3O2. The number of nitrogens with zero attached hydrogens (tertiary/aromatic N) is 3. The number of rotatable bonds is 5. The highest BCUT2D eigenvalue weighted by Crippen LogP contribution is 2.11. The van der Waals surface area contributed by atoms with E-state index in [1.165, 1.54) is 0 Å². The van der Waals surface area contributed by atoms with Crippen LogP contribution in [-0.2, 0) is 11.2 Å². The van der Waals surface area contributed by atoms with E-state index in [4.69, 9.17) is 4.74 Å². The lowest BCUT2D eigenvalue weighted by Crippen LogP contribution is -2.15. The van der Waals surface area contributed by atoms with E-state index in [0.29, 0.717) is 12.1 Å². The average molecular weight is 305 g/mol. The Labute approximate surface area is 133 Å². The molecule has 3 rings (SSSR count). The number of carbonyl (C=O) groups excluding carboxylic acids is 1. The third-order valence-corrected chi connectivity index (χ3v) is 3.50. The van der Waals surface area contributed by atoms with Crippen molar-refractivity contribution in [2.24, 2.45) is 5.92 Å². The highest BCUT2D eigenvalue weighted by atomic mass is 16.5. The van der Waals surface area contributed by atoms with Crippen molar-refractivity contribution in [1.82, 2.24) is 9.38 Å². The lowest BCUT2D eigenvalue weighted by molar-refractivity contribution is 0.0462. The van der Waals surface area contributed by atoms with Gasteiger partial charge in [-0.1, -0.05) is 36.4 Å². The van der Waals surface area contributed by atoms with Gasteiger partial charge in [-0.25, -0.2) is 9.78 Å². The van der Waals surface area contributed by atoms with Gasteiger partial charge in [-0.05, 0) is 24.1 Å². The Kier molecular flexibility index (Phi) is 4.34. The topological polar surface area (TPSA) is 67.4 Å². The molecule has 0 saturated heterocycles. The standard InChI is InChI=1S/C18H15N3O2/c19-11-15(10-14-6-2-1-3-7-14)13-23-18(22)16-12-21-9-5-4-8-17(21)20-16/h1-9,12,15H,10,13H2/t15-/m0/s1. The molecule has 0 saturated carbocycles. The number of benzene rings is 1. The largest absolute Gasteiger partial charge is 0.460 e. The zero-order chi connectivity index (χ0) is 16.1. The summed E-state index contributed by atoms with van der Waals surface area (Å²) in [6, 6.07) is 17.4. The molecule has 0 aliphatic heterocycles. The fraction of sp³-hybridized carbons (Fsp3) is 0.167. The van der Waals surface area contributed by atoms with Crippen molar-refractivity contribution >= 4 is 11.6 Å². The van der Waals surface area contributed by atoms with Gasteiger partial charge >= 0.3 is 5.97 Å². The minimum Gasteiger partial charge on any atom is -0.460 e. The number of esters is 1. The smallest absolute Gasteiger partial charge is 0.358 e. The second kappa shape index (κ2) is 6.75. The SMILES string of the molecule is N#C[C@@H](COC(=O)c1cn2ccccc2n1)Cc1ccccc1. The van der Waals surface area contributed by atoms with Crippen LogP contribution in [0.1, 0.15) is 16.1 Å². The number of imidazole rings is 1. The number of pyridine rings is 1. The average Bonchev–Trinajstić information content (AvgIpc) is 3.03. The lowest BCUT2D eigenvalue weighted by atomic mass is 10.0. The van der Waals surface area contributed by atoms with Gasteiger partial charge in [0, 0.05) is 12.4 Å². The molecule has 1 aromatic carbocycles. The molecule has 0 amide bonds. The molecule has 2 aromatic heterocycles. The first-order valence-electron chi connectivity index (χ1n) is 7.30. The number of fused-ring (bicyclic) bond motifs is 1. The molecule has 0 unspecified atom stereocenters. The quantitative estimate of drug-likeness (QED) is 0.680. The maximum Gasteiger partial charge on any atom is 0.358 e. The fourth-order valence-electron chi connectivity index (χ4n) is 2.32. The van der Waals surface area contributed by atoms with Crippen molar-refractivity contribution < 1.29 is 9.53 Å². The van der Waals surface area contributed by atoms with E-state index >= 15 is 0 Å². The van der Waals surface area contributed by atoms with Crippen molar-refractivity contribution in [2.45, 2.75) is 6.42 Å². The Hall–Kier alpha value is -3.13. The summed E-state index contributed by atoms with van der Waals surface area (Å²) in [5.74, 6) is -0.889. The van der Waals surface area contributed by atoms with Gasteiger partial charge in [-0.3, -0.25) is 0 Å². The van der Waals surface area contributed by atoms with Crippen LogP contribution in [0.4, 0.5) is 0 Å². The van der Waals surface area contributed by atoms with Crippen LogP contribution in [0.25, 0.3) is 5.65 Å². The summed E-state index contributed by atoms with van der Waals surface area (Å²) in [6.07, 6.45) is 3.98. The van der Waals surface area contributed by atoms with Crippen LogP contribution in [0.2, 0.25) is 0 Å². The summed E-state index contributed by atoms with van der Waals surface area (Å²) < 4.78 is 7.00. The molecule has 0 fully saturated rings. The maximum atomic E-state index is 12.1. The van der Waals surface area contributed by atoms with Crippen LogP contribution < -0.4 is 0 Å². The second-order valence-electron chi connectivity index (χ2n) is 5.21. The van der Waals surface area contributed by atoms with E-state index in [9.17, 15) is 10.1 Å². The van der Waals surface area contributed by atoms with Gasteiger partial charge in [0.2, 0.25) is 0 Å². The van der Waals surface area contributed by atoms with Crippen LogP contribution in [0.5, 0.6) is 0 Å². The highest BCUT2D eigenvalue weighted by Gasteiger charge is 2.16.